The lowest BCUT2D eigenvalue weighted by Crippen LogP contribution is -2.46. The number of benzene rings is 1. The van der Waals surface area contributed by atoms with E-state index in [2.05, 4.69) is 29.4 Å². The molecule has 1 fully saturated rings. The number of amides is 3. The van der Waals surface area contributed by atoms with Crippen molar-refractivity contribution in [1.29, 1.82) is 0 Å². The molecule has 1 aliphatic heterocycles. The van der Waals surface area contributed by atoms with Crippen molar-refractivity contribution in [1.82, 2.24) is 15.1 Å². The van der Waals surface area contributed by atoms with Gasteiger partial charge in [-0.25, -0.2) is 4.79 Å². The molecule has 0 spiro atoms. The van der Waals surface area contributed by atoms with Crippen LogP contribution in [0.1, 0.15) is 39.2 Å². The highest BCUT2D eigenvalue weighted by atomic mass is 16.5. The van der Waals surface area contributed by atoms with E-state index in [0.717, 1.165) is 23.5 Å². The first-order chi connectivity index (χ1) is 14.1. The number of nitrogens with zero attached hydrogens (tertiary/aromatic N) is 2. The zero-order valence-electron chi connectivity index (χ0n) is 19.4. The summed E-state index contributed by atoms with van der Waals surface area (Å²) in [6.45, 7) is 11.6. The molecule has 2 rings (SSSR count). The first-order valence-corrected chi connectivity index (χ1v) is 10.8. The average molecular weight is 419 g/mol. The summed E-state index contributed by atoms with van der Waals surface area (Å²) < 4.78 is 5.54. The van der Waals surface area contributed by atoms with Crippen LogP contribution in [0.4, 0.5) is 10.5 Å². The van der Waals surface area contributed by atoms with E-state index in [1.165, 1.54) is 0 Å². The molecule has 0 aromatic heterocycles. The van der Waals surface area contributed by atoms with Crippen molar-refractivity contribution in [2.24, 2.45) is 11.3 Å². The summed E-state index contributed by atoms with van der Waals surface area (Å²) in [7, 11) is 4.08. The second-order valence-corrected chi connectivity index (χ2v) is 9.22. The largest absolute Gasteiger partial charge is 0.494 e. The van der Waals surface area contributed by atoms with Gasteiger partial charge in [0, 0.05) is 37.8 Å². The highest BCUT2D eigenvalue weighted by Gasteiger charge is 2.28. The van der Waals surface area contributed by atoms with E-state index >= 15 is 0 Å². The molecule has 0 atom stereocenters. The highest BCUT2D eigenvalue weighted by Crippen LogP contribution is 2.23. The van der Waals surface area contributed by atoms with Crippen molar-refractivity contribution in [3.05, 3.63) is 23.8 Å². The number of hydrogen-bond acceptors (Lipinski definition) is 4. The second kappa shape index (κ2) is 10.7. The summed E-state index contributed by atoms with van der Waals surface area (Å²) >= 11 is 0. The molecule has 2 N–H and O–H groups in total. The molecule has 0 bridgehead atoms. The van der Waals surface area contributed by atoms with Crippen molar-refractivity contribution in [2.45, 2.75) is 40.5 Å². The number of carbonyl (C=O) groups excluding carboxylic acids is 2. The van der Waals surface area contributed by atoms with Crippen LogP contribution in [0.2, 0.25) is 0 Å². The number of aryl methyl sites for hydroxylation is 1. The zero-order chi connectivity index (χ0) is 22.3. The van der Waals surface area contributed by atoms with Crippen LogP contribution in [-0.4, -0.2) is 68.6 Å². The predicted octanol–water partition coefficient (Wildman–Crippen LogP) is 3.34. The van der Waals surface area contributed by atoms with Crippen molar-refractivity contribution < 1.29 is 14.3 Å². The van der Waals surface area contributed by atoms with E-state index < -0.39 is 0 Å². The Labute approximate surface area is 181 Å². The Morgan fingerprint density at radius 1 is 1.23 bits per heavy atom. The van der Waals surface area contributed by atoms with Crippen LogP contribution in [0, 0.1) is 18.3 Å². The molecule has 0 saturated carbocycles. The molecule has 1 aromatic carbocycles. The van der Waals surface area contributed by atoms with Crippen molar-refractivity contribution in [3.63, 3.8) is 0 Å². The molecule has 3 amide bonds. The molecular formula is C23H38N4O3. The van der Waals surface area contributed by atoms with E-state index in [1.807, 2.05) is 46.1 Å². The van der Waals surface area contributed by atoms with Crippen LogP contribution in [-0.2, 0) is 4.79 Å². The lowest BCUT2D eigenvalue weighted by Gasteiger charge is -2.33. The minimum Gasteiger partial charge on any atom is -0.494 e. The lowest BCUT2D eigenvalue weighted by molar-refractivity contribution is -0.126. The summed E-state index contributed by atoms with van der Waals surface area (Å²) in [6, 6.07) is 5.52. The SMILES string of the molecule is CCOc1ccc(NC(=O)N2CCC(C(=O)NCC(C)(C)CN(C)C)CC2)cc1C. The molecule has 0 aliphatic carbocycles. The maximum absolute atomic E-state index is 12.6. The minimum absolute atomic E-state index is 0.0234. The van der Waals surface area contributed by atoms with Gasteiger partial charge in [-0.3, -0.25) is 4.79 Å². The molecule has 7 heteroatoms. The summed E-state index contributed by atoms with van der Waals surface area (Å²) in [5.41, 5.74) is 1.77. The van der Waals surface area contributed by atoms with Crippen molar-refractivity contribution in [3.8, 4) is 5.75 Å². The number of carbonyl (C=O) groups is 2. The van der Waals surface area contributed by atoms with E-state index in [9.17, 15) is 9.59 Å². The van der Waals surface area contributed by atoms with E-state index in [1.54, 1.807) is 4.90 Å². The van der Waals surface area contributed by atoms with Gasteiger partial charge in [0.1, 0.15) is 5.75 Å². The fourth-order valence-electron chi connectivity index (χ4n) is 3.97. The van der Waals surface area contributed by atoms with Gasteiger partial charge in [-0.15, -0.1) is 0 Å². The molecule has 0 radical (unpaired) electrons. The van der Waals surface area contributed by atoms with Gasteiger partial charge in [-0.05, 0) is 70.0 Å². The van der Waals surface area contributed by atoms with Gasteiger partial charge >= 0.3 is 6.03 Å². The third-order valence-electron chi connectivity index (χ3n) is 5.36. The van der Waals surface area contributed by atoms with Crippen LogP contribution in [0.25, 0.3) is 0 Å². The quantitative estimate of drug-likeness (QED) is 0.679. The number of hydrogen-bond donors (Lipinski definition) is 2. The summed E-state index contributed by atoms with van der Waals surface area (Å²) in [6.07, 6.45) is 1.38. The minimum atomic E-state index is -0.121. The van der Waals surface area contributed by atoms with Crippen LogP contribution in [0.15, 0.2) is 18.2 Å². The van der Waals surface area contributed by atoms with Gasteiger partial charge in [-0.1, -0.05) is 13.8 Å². The van der Waals surface area contributed by atoms with Gasteiger partial charge in [-0.2, -0.15) is 0 Å². The van der Waals surface area contributed by atoms with Crippen LogP contribution in [0.5, 0.6) is 5.75 Å². The van der Waals surface area contributed by atoms with Gasteiger partial charge in [0.15, 0.2) is 0 Å². The van der Waals surface area contributed by atoms with Gasteiger partial charge in [0.05, 0.1) is 6.61 Å². The van der Waals surface area contributed by atoms with Crippen molar-refractivity contribution in [2.75, 3.05) is 52.2 Å². The van der Waals surface area contributed by atoms with Crippen LogP contribution < -0.4 is 15.4 Å². The third-order valence-corrected chi connectivity index (χ3v) is 5.36. The Kier molecular flexibility index (Phi) is 8.53. The van der Waals surface area contributed by atoms with Gasteiger partial charge in [0.25, 0.3) is 0 Å². The smallest absolute Gasteiger partial charge is 0.321 e. The fourth-order valence-corrected chi connectivity index (χ4v) is 3.97. The molecule has 0 unspecified atom stereocenters. The number of rotatable bonds is 8. The molecule has 1 aromatic rings. The van der Waals surface area contributed by atoms with Gasteiger partial charge in [0.2, 0.25) is 5.91 Å². The molecule has 30 heavy (non-hydrogen) atoms. The zero-order valence-corrected chi connectivity index (χ0v) is 19.4. The van der Waals surface area contributed by atoms with Crippen LogP contribution in [0.3, 0.4) is 0 Å². The lowest BCUT2D eigenvalue weighted by atomic mass is 9.91. The summed E-state index contributed by atoms with van der Waals surface area (Å²) in [5, 5.41) is 6.06. The first-order valence-electron chi connectivity index (χ1n) is 10.8. The molecule has 1 heterocycles. The fraction of sp³-hybridized carbons (Fsp3) is 0.652. The standard InChI is InChI=1S/C23H38N4O3/c1-7-30-20-9-8-19(14-17(20)2)25-22(29)27-12-10-18(11-13-27)21(28)24-15-23(3,4)16-26(5)6/h8-9,14,18H,7,10-13,15-16H2,1-6H3,(H,24,28)(H,25,29). The molecule has 1 aliphatic rings. The topological polar surface area (TPSA) is 73.9 Å². The maximum Gasteiger partial charge on any atom is 0.321 e. The van der Waals surface area contributed by atoms with Crippen LogP contribution >= 0.6 is 0 Å². The molecular weight excluding hydrogens is 380 g/mol. The number of piperidine rings is 1. The Balaban J connectivity index is 1.80. The number of ether oxygens (including phenoxy) is 1. The Morgan fingerprint density at radius 2 is 1.90 bits per heavy atom. The Bertz CT molecular complexity index is 725. The molecule has 7 nitrogen and oxygen atoms in total. The number of likely N-dealkylation sites (tertiary alicyclic amines) is 1. The van der Waals surface area contributed by atoms with Gasteiger partial charge < -0.3 is 25.2 Å². The predicted molar refractivity (Wildman–Crippen MR) is 121 cm³/mol. The maximum atomic E-state index is 12.6. The monoisotopic (exact) mass is 418 g/mol. The Morgan fingerprint density at radius 3 is 2.47 bits per heavy atom. The molecule has 168 valence electrons. The Hall–Kier alpha value is -2.28. The molecule has 1 saturated heterocycles. The second-order valence-electron chi connectivity index (χ2n) is 9.22. The number of anilines is 1. The van der Waals surface area contributed by atoms with E-state index in [4.69, 9.17) is 4.74 Å². The third kappa shape index (κ3) is 7.20. The first kappa shape index (κ1) is 24.0. The number of nitrogens with one attached hydrogen (secondary N) is 2. The van der Waals surface area contributed by atoms with E-state index in [0.29, 0.717) is 39.1 Å². The summed E-state index contributed by atoms with van der Waals surface area (Å²) in [4.78, 5) is 29.1. The normalized spacial score (nSPS) is 15.2. The van der Waals surface area contributed by atoms with E-state index in [-0.39, 0.29) is 23.3 Å². The van der Waals surface area contributed by atoms with Crippen molar-refractivity contribution >= 4 is 17.6 Å². The number of urea groups is 1. The summed E-state index contributed by atoms with van der Waals surface area (Å²) in [5.74, 6) is 0.900. The highest BCUT2D eigenvalue weighted by molar-refractivity contribution is 5.90. The average Bonchev–Trinajstić information content (AvgIpc) is 2.67.